The minimum Gasteiger partial charge on any atom is -0.457 e. The van der Waals surface area contributed by atoms with Crippen LogP contribution >= 0.6 is 0 Å². The maximum absolute atomic E-state index is 13.0. The Morgan fingerprint density at radius 1 is 0.935 bits per heavy atom. The van der Waals surface area contributed by atoms with E-state index in [1.54, 1.807) is 24.3 Å². The summed E-state index contributed by atoms with van der Waals surface area (Å²) in [5.74, 6) is 0.679. The van der Waals surface area contributed by atoms with Crippen molar-refractivity contribution in [2.24, 2.45) is 0 Å². The van der Waals surface area contributed by atoms with E-state index in [9.17, 15) is 9.18 Å². The summed E-state index contributed by atoms with van der Waals surface area (Å²) in [4.78, 5) is 12.9. The van der Waals surface area contributed by atoms with Crippen LogP contribution in [-0.4, -0.2) is 26.1 Å². The summed E-state index contributed by atoms with van der Waals surface area (Å²) in [6.07, 6.45) is 1.91. The Hall–Kier alpha value is -4.07. The average molecular weight is 417 g/mol. The summed E-state index contributed by atoms with van der Waals surface area (Å²) in [5.41, 5.74) is 1.93. The van der Waals surface area contributed by atoms with Crippen molar-refractivity contribution in [3.05, 3.63) is 102 Å². The number of tetrazole rings is 1. The first-order valence-corrected chi connectivity index (χ1v) is 9.74. The van der Waals surface area contributed by atoms with E-state index in [0.717, 1.165) is 11.1 Å². The number of carbonyl (C=O) groups excluding carboxylic acids is 1. The maximum atomic E-state index is 13.0. The highest BCUT2D eigenvalue weighted by Crippen LogP contribution is 2.22. The molecule has 3 aromatic carbocycles. The number of amides is 1. The summed E-state index contributed by atoms with van der Waals surface area (Å²) in [6, 6.07) is 22.3. The molecule has 0 aliphatic rings. The summed E-state index contributed by atoms with van der Waals surface area (Å²) < 4.78 is 20.1. The van der Waals surface area contributed by atoms with Crippen molar-refractivity contribution in [3.8, 4) is 11.5 Å². The molecule has 1 N–H and O–H groups in total. The van der Waals surface area contributed by atoms with E-state index in [1.807, 2.05) is 42.5 Å². The Balaban J connectivity index is 1.37. The monoisotopic (exact) mass is 417 g/mol. The summed E-state index contributed by atoms with van der Waals surface area (Å²) in [5, 5.41) is 14.1. The Morgan fingerprint density at radius 3 is 2.26 bits per heavy atom. The number of hydrogen-bond acceptors (Lipinski definition) is 5. The van der Waals surface area contributed by atoms with E-state index >= 15 is 0 Å². The fourth-order valence-corrected chi connectivity index (χ4v) is 3.08. The zero-order valence-corrected chi connectivity index (χ0v) is 16.6. The minimum atomic E-state index is -0.557. The topological polar surface area (TPSA) is 81.9 Å². The number of rotatable bonds is 8. The van der Waals surface area contributed by atoms with Crippen LogP contribution in [0.5, 0.6) is 11.5 Å². The Kier molecular flexibility index (Phi) is 6.27. The summed E-state index contributed by atoms with van der Waals surface area (Å²) in [7, 11) is 0. The van der Waals surface area contributed by atoms with Crippen molar-refractivity contribution in [3.63, 3.8) is 0 Å². The first kappa shape index (κ1) is 20.2. The van der Waals surface area contributed by atoms with E-state index in [0.29, 0.717) is 24.5 Å². The SMILES string of the molecule is O=C(NCc1ccc(Oc2ccc(F)cc2)cc1)[C@@H](Cc1ccccc1)n1cnnn1. The van der Waals surface area contributed by atoms with Gasteiger partial charge in [0.15, 0.2) is 0 Å². The van der Waals surface area contributed by atoms with Gasteiger partial charge in [0.2, 0.25) is 5.91 Å². The van der Waals surface area contributed by atoms with E-state index in [-0.39, 0.29) is 11.7 Å². The molecule has 0 saturated heterocycles. The smallest absolute Gasteiger partial charge is 0.245 e. The third-order valence-electron chi connectivity index (χ3n) is 4.70. The molecular weight excluding hydrogens is 397 g/mol. The van der Waals surface area contributed by atoms with Gasteiger partial charge in [0.05, 0.1) is 0 Å². The van der Waals surface area contributed by atoms with Crippen molar-refractivity contribution in [1.29, 1.82) is 0 Å². The molecule has 156 valence electrons. The highest BCUT2D eigenvalue weighted by Gasteiger charge is 2.22. The molecule has 0 radical (unpaired) electrons. The zero-order chi connectivity index (χ0) is 21.5. The molecule has 4 rings (SSSR count). The predicted molar refractivity (Wildman–Crippen MR) is 112 cm³/mol. The third-order valence-corrected chi connectivity index (χ3v) is 4.70. The van der Waals surface area contributed by atoms with Crippen LogP contribution in [0.15, 0.2) is 85.2 Å². The molecule has 1 aromatic heterocycles. The third kappa shape index (κ3) is 5.51. The first-order chi connectivity index (χ1) is 15.2. The van der Waals surface area contributed by atoms with Crippen molar-refractivity contribution < 1.29 is 13.9 Å². The lowest BCUT2D eigenvalue weighted by Crippen LogP contribution is -2.34. The van der Waals surface area contributed by atoms with Gasteiger partial charge in [-0.25, -0.2) is 9.07 Å². The normalized spacial score (nSPS) is 11.6. The van der Waals surface area contributed by atoms with Crippen LogP contribution in [0.3, 0.4) is 0 Å². The molecule has 0 saturated carbocycles. The van der Waals surface area contributed by atoms with Gasteiger partial charge in [-0.05, 0) is 58.0 Å². The zero-order valence-electron chi connectivity index (χ0n) is 16.6. The van der Waals surface area contributed by atoms with Gasteiger partial charge in [0, 0.05) is 13.0 Å². The molecule has 31 heavy (non-hydrogen) atoms. The molecule has 4 aromatic rings. The first-order valence-electron chi connectivity index (χ1n) is 9.74. The van der Waals surface area contributed by atoms with Gasteiger partial charge in [-0.2, -0.15) is 0 Å². The molecule has 1 heterocycles. The lowest BCUT2D eigenvalue weighted by Gasteiger charge is -2.16. The predicted octanol–water partition coefficient (Wildman–Crippen LogP) is 3.70. The van der Waals surface area contributed by atoms with Crippen molar-refractivity contribution in [1.82, 2.24) is 25.5 Å². The number of hydrogen-bond donors (Lipinski definition) is 1. The van der Waals surface area contributed by atoms with Gasteiger partial charge >= 0.3 is 0 Å². The molecule has 0 aliphatic heterocycles. The van der Waals surface area contributed by atoms with E-state index < -0.39 is 6.04 Å². The Morgan fingerprint density at radius 2 is 1.61 bits per heavy atom. The molecule has 0 spiro atoms. The average Bonchev–Trinajstić information content (AvgIpc) is 3.34. The number of nitrogens with zero attached hydrogens (tertiary/aromatic N) is 4. The van der Waals surface area contributed by atoms with Crippen LogP contribution in [0, 0.1) is 5.82 Å². The van der Waals surface area contributed by atoms with Crippen LogP contribution < -0.4 is 10.1 Å². The molecular formula is C23H20FN5O2. The second-order valence-corrected chi connectivity index (χ2v) is 6.91. The molecule has 0 unspecified atom stereocenters. The number of aromatic nitrogens is 4. The lowest BCUT2D eigenvalue weighted by atomic mass is 10.1. The molecule has 0 fully saturated rings. The van der Waals surface area contributed by atoms with Crippen LogP contribution in [0.2, 0.25) is 0 Å². The van der Waals surface area contributed by atoms with Gasteiger partial charge in [-0.15, -0.1) is 5.10 Å². The summed E-state index contributed by atoms with van der Waals surface area (Å²) in [6.45, 7) is 0.350. The number of nitrogens with one attached hydrogen (secondary N) is 1. The van der Waals surface area contributed by atoms with Gasteiger partial charge < -0.3 is 10.1 Å². The van der Waals surface area contributed by atoms with Crippen LogP contribution in [-0.2, 0) is 17.8 Å². The van der Waals surface area contributed by atoms with E-state index in [4.69, 9.17) is 4.74 Å². The summed E-state index contributed by atoms with van der Waals surface area (Å²) >= 11 is 0. The molecule has 0 bridgehead atoms. The standard InChI is InChI=1S/C23H20FN5O2/c24-19-8-12-21(13-9-19)31-20-10-6-18(7-11-20)15-25-23(30)22(29-16-26-27-28-29)14-17-4-2-1-3-5-17/h1-13,16,22H,14-15H2,(H,25,30)/t22-/m1/s1. The van der Waals surface area contributed by atoms with Crippen LogP contribution in [0.1, 0.15) is 17.2 Å². The molecule has 7 nitrogen and oxygen atoms in total. The fourth-order valence-electron chi connectivity index (χ4n) is 3.08. The van der Waals surface area contributed by atoms with Crippen LogP contribution in [0.4, 0.5) is 4.39 Å². The molecule has 0 aliphatic carbocycles. The highest BCUT2D eigenvalue weighted by atomic mass is 19.1. The largest absolute Gasteiger partial charge is 0.457 e. The van der Waals surface area contributed by atoms with Crippen molar-refractivity contribution >= 4 is 5.91 Å². The molecule has 8 heteroatoms. The second-order valence-electron chi connectivity index (χ2n) is 6.91. The fraction of sp³-hybridized carbons (Fsp3) is 0.130. The quantitative estimate of drug-likeness (QED) is 0.473. The highest BCUT2D eigenvalue weighted by molar-refractivity contribution is 5.80. The van der Waals surface area contributed by atoms with Gasteiger partial charge in [0.25, 0.3) is 0 Å². The van der Waals surface area contributed by atoms with Gasteiger partial charge in [0.1, 0.15) is 29.7 Å². The second kappa shape index (κ2) is 9.62. The number of halogens is 1. The number of carbonyl (C=O) groups is 1. The molecule has 1 amide bonds. The molecule has 1 atom stereocenters. The van der Waals surface area contributed by atoms with Crippen molar-refractivity contribution in [2.75, 3.05) is 0 Å². The van der Waals surface area contributed by atoms with E-state index in [1.165, 1.54) is 23.1 Å². The minimum absolute atomic E-state index is 0.178. The van der Waals surface area contributed by atoms with Crippen molar-refractivity contribution in [2.45, 2.75) is 19.0 Å². The van der Waals surface area contributed by atoms with Crippen LogP contribution in [0.25, 0.3) is 0 Å². The number of benzene rings is 3. The Bertz CT molecular complexity index is 1100. The van der Waals surface area contributed by atoms with Gasteiger partial charge in [-0.1, -0.05) is 42.5 Å². The number of ether oxygens (including phenoxy) is 1. The Labute approximate surface area is 178 Å². The van der Waals surface area contributed by atoms with Gasteiger partial charge in [-0.3, -0.25) is 4.79 Å². The lowest BCUT2D eigenvalue weighted by molar-refractivity contribution is -0.124. The van der Waals surface area contributed by atoms with E-state index in [2.05, 4.69) is 20.8 Å². The maximum Gasteiger partial charge on any atom is 0.245 e.